The zero-order chi connectivity index (χ0) is 13.9. The van der Waals surface area contributed by atoms with Crippen LogP contribution in [0.3, 0.4) is 0 Å². The summed E-state index contributed by atoms with van der Waals surface area (Å²) in [6, 6.07) is 4.18. The summed E-state index contributed by atoms with van der Waals surface area (Å²) in [6.45, 7) is 1.60. The summed E-state index contributed by atoms with van der Waals surface area (Å²) in [6.07, 6.45) is 0. The third kappa shape index (κ3) is 3.13. The van der Waals surface area contributed by atoms with Crippen molar-refractivity contribution in [3.63, 3.8) is 0 Å². The van der Waals surface area contributed by atoms with E-state index in [4.69, 9.17) is 17.3 Å². The van der Waals surface area contributed by atoms with E-state index in [1.54, 1.807) is 39.2 Å². The molecule has 0 aliphatic heterocycles. The molecule has 0 saturated heterocycles. The molecule has 1 rings (SSSR count). The molecular weight excluding hydrogens is 254 g/mol. The van der Waals surface area contributed by atoms with Gasteiger partial charge in [0.1, 0.15) is 6.04 Å². The molecule has 3 N–H and O–H groups in total. The number of anilines is 1. The molecule has 0 saturated carbocycles. The van der Waals surface area contributed by atoms with Gasteiger partial charge in [0.2, 0.25) is 5.91 Å². The molecule has 0 aliphatic rings. The third-order valence-corrected chi connectivity index (χ3v) is 2.75. The maximum absolute atomic E-state index is 12.0. The first-order chi connectivity index (χ1) is 8.34. The molecule has 0 aliphatic carbocycles. The minimum Gasteiger partial charge on any atom is -0.398 e. The molecule has 0 spiro atoms. The van der Waals surface area contributed by atoms with Crippen molar-refractivity contribution < 1.29 is 9.59 Å². The molecule has 1 aromatic carbocycles. The largest absolute Gasteiger partial charge is 0.398 e. The summed E-state index contributed by atoms with van der Waals surface area (Å²) in [5, 5.41) is 2.83. The second-order valence-electron chi connectivity index (χ2n) is 4.13. The van der Waals surface area contributed by atoms with Gasteiger partial charge in [-0.3, -0.25) is 9.59 Å². The maximum Gasteiger partial charge on any atom is 0.255 e. The minimum absolute atomic E-state index is 0.192. The summed E-state index contributed by atoms with van der Waals surface area (Å²) in [7, 11) is 3.24. The summed E-state index contributed by atoms with van der Waals surface area (Å²) in [5.74, 6) is -0.658. The Bertz CT molecular complexity index is 454. The fourth-order valence-electron chi connectivity index (χ4n) is 1.50. The quantitative estimate of drug-likeness (QED) is 0.808. The highest BCUT2D eigenvalue weighted by molar-refractivity contribution is 6.34. The first-order valence-corrected chi connectivity index (χ1v) is 5.78. The van der Waals surface area contributed by atoms with Crippen LogP contribution in [0.25, 0.3) is 0 Å². The fourth-order valence-corrected chi connectivity index (χ4v) is 1.77. The number of amides is 2. The fraction of sp³-hybridized carbons (Fsp3) is 0.333. The number of rotatable bonds is 3. The molecule has 2 amide bonds. The van der Waals surface area contributed by atoms with E-state index in [0.717, 1.165) is 0 Å². The number of hydrogen-bond donors (Lipinski definition) is 2. The zero-order valence-electron chi connectivity index (χ0n) is 10.5. The van der Waals surface area contributed by atoms with Crippen LogP contribution in [-0.4, -0.2) is 36.9 Å². The lowest BCUT2D eigenvalue weighted by molar-refractivity contribution is -0.130. The molecular formula is C12H16ClN3O2. The van der Waals surface area contributed by atoms with Crippen LogP contribution in [0.1, 0.15) is 17.3 Å². The van der Waals surface area contributed by atoms with Gasteiger partial charge in [-0.15, -0.1) is 0 Å². The normalized spacial score (nSPS) is 11.8. The Hall–Kier alpha value is -1.75. The molecule has 0 fully saturated rings. The van der Waals surface area contributed by atoms with Crippen molar-refractivity contribution in [1.29, 1.82) is 0 Å². The molecule has 98 valence electrons. The van der Waals surface area contributed by atoms with Crippen LogP contribution in [0.2, 0.25) is 5.02 Å². The first-order valence-electron chi connectivity index (χ1n) is 5.40. The number of carbonyl (C=O) groups is 2. The van der Waals surface area contributed by atoms with E-state index in [2.05, 4.69) is 5.32 Å². The zero-order valence-corrected chi connectivity index (χ0v) is 11.3. The van der Waals surface area contributed by atoms with Crippen molar-refractivity contribution in [2.75, 3.05) is 19.8 Å². The van der Waals surface area contributed by atoms with E-state index in [1.165, 1.54) is 4.90 Å². The monoisotopic (exact) mass is 269 g/mol. The molecule has 0 aromatic heterocycles. The number of hydrogen-bond acceptors (Lipinski definition) is 3. The van der Waals surface area contributed by atoms with Gasteiger partial charge in [-0.05, 0) is 19.1 Å². The number of benzene rings is 1. The van der Waals surface area contributed by atoms with Crippen LogP contribution in [0.5, 0.6) is 0 Å². The predicted octanol–water partition coefficient (Wildman–Crippen LogP) is 1.13. The van der Waals surface area contributed by atoms with E-state index in [9.17, 15) is 9.59 Å². The van der Waals surface area contributed by atoms with Crippen molar-refractivity contribution in [3.05, 3.63) is 28.8 Å². The van der Waals surface area contributed by atoms with E-state index in [1.807, 2.05) is 0 Å². The van der Waals surface area contributed by atoms with Crippen LogP contribution in [0, 0.1) is 0 Å². The van der Waals surface area contributed by atoms with Crippen molar-refractivity contribution in [3.8, 4) is 0 Å². The average Bonchev–Trinajstić information content (AvgIpc) is 2.27. The van der Waals surface area contributed by atoms with Gasteiger partial charge in [0.25, 0.3) is 5.91 Å². The van der Waals surface area contributed by atoms with Gasteiger partial charge >= 0.3 is 0 Å². The van der Waals surface area contributed by atoms with Gasteiger partial charge in [-0.25, -0.2) is 0 Å². The Morgan fingerprint density at radius 1 is 1.39 bits per heavy atom. The van der Waals surface area contributed by atoms with Gasteiger partial charge in [0.15, 0.2) is 0 Å². The number of nitrogens with zero attached hydrogens (tertiary/aromatic N) is 1. The van der Waals surface area contributed by atoms with Crippen LogP contribution in [-0.2, 0) is 4.79 Å². The van der Waals surface area contributed by atoms with Crippen LogP contribution >= 0.6 is 11.6 Å². The van der Waals surface area contributed by atoms with Gasteiger partial charge in [-0.2, -0.15) is 0 Å². The van der Waals surface area contributed by atoms with Crippen molar-refractivity contribution >= 4 is 29.1 Å². The van der Waals surface area contributed by atoms with Crippen molar-refractivity contribution in [2.24, 2.45) is 0 Å². The molecule has 1 aromatic rings. The first kappa shape index (κ1) is 14.3. The maximum atomic E-state index is 12.0. The Morgan fingerprint density at radius 3 is 2.50 bits per heavy atom. The Labute approximate surface area is 111 Å². The highest BCUT2D eigenvalue weighted by atomic mass is 35.5. The van der Waals surface area contributed by atoms with Crippen molar-refractivity contribution in [2.45, 2.75) is 13.0 Å². The summed E-state index contributed by atoms with van der Waals surface area (Å²) in [4.78, 5) is 25.0. The Morgan fingerprint density at radius 2 is 2.00 bits per heavy atom. The van der Waals surface area contributed by atoms with E-state index < -0.39 is 11.9 Å². The second-order valence-corrected chi connectivity index (χ2v) is 4.54. The van der Waals surface area contributed by atoms with Gasteiger partial charge in [0, 0.05) is 19.8 Å². The lowest BCUT2D eigenvalue weighted by Gasteiger charge is -2.18. The SMILES string of the molecule is CC(NC(=O)c1c(N)cccc1Cl)C(=O)N(C)C. The van der Waals surface area contributed by atoms with E-state index in [-0.39, 0.29) is 22.2 Å². The molecule has 0 radical (unpaired) electrons. The topological polar surface area (TPSA) is 75.4 Å². The number of nitrogens with one attached hydrogen (secondary N) is 1. The highest BCUT2D eigenvalue weighted by Gasteiger charge is 2.20. The molecule has 18 heavy (non-hydrogen) atoms. The number of nitrogen functional groups attached to an aromatic ring is 1. The molecule has 0 bridgehead atoms. The highest BCUT2D eigenvalue weighted by Crippen LogP contribution is 2.21. The lowest BCUT2D eigenvalue weighted by atomic mass is 10.1. The van der Waals surface area contributed by atoms with Crippen molar-refractivity contribution in [1.82, 2.24) is 10.2 Å². The van der Waals surface area contributed by atoms with Crippen LogP contribution in [0.15, 0.2) is 18.2 Å². The third-order valence-electron chi connectivity index (χ3n) is 2.43. The molecule has 0 heterocycles. The van der Waals surface area contributed by atoms with Crippen LogP contribution in [0.4, 0.5) is 5.69 Å². The minimum atomic E-state index is -0.636. The Balaban J connectivity index is 2.87. The summed E-state index contributed by atoms with van der Waals surface area (Å²) >= 11 is 5.91. The predicted molar refractivity (Wildman–Crippen MR) is 71.5 cm³/mol. The summed E-state index contributed by atoms with van der Waals surface area (Å²) < 4.78 is 0. The van der Waals surface area contributed by atoms with E-state index in [0.29, 0.717) is 0 Å². The second kappa shape index (κ2) is 5.73. The van der Waals surface area contributed by atoms with Gasteiger partial charge in [0.05, 0.1) is 10.6 Å². The molecule has 6 heteroatoms. The molecule has 5 nitrogen and oxygen atoms in total. The standard InChI is InChI=1S/C12H16ClN3O2/c1-7(12(18)16(2)3)15-11(17)10-8(13)5-4-6-9(10)14/h4-7H,14H2,1-3H3,(H,15,17). The van der Waals surface area contributed by atoms with Gasteiger partial charge in [-0.1, -0.05) is 17.7 Å². The smallest absolute Gasteiger partial charge is 0.255 e. The molecule has 1 atom stereocenters. The average molecular weight is 270 g/mol. The Kier molecular flexibility index (Phi) is 4.55. The van der Waals surface area contributed by atoms with Crippen LogP contribution < -0.4 is 11.1 Å². The van der Waals surface area contributed by atoms with E-state index >= 15 is 0 Å². The number of nitrogens with two attached hydrogens (primary N) is 1. The molecule has 1 unspecified atom stereocenters. The van der Waals surface area contributed by atoms with Gasteiger partial charge < -0.3 is 16.0 Å². The number of carbonyl (C=O) groups excluding carboxylic acids is 2. The summed E-state index contributed by atoms with van der Waals surface area (Å²) in [5.41, 5.74) is 6.17. The number of halogens is 1. The lowest BCUT2D eigenvalue weighted by Crippen LogP contribution is -2.44. The number of likely N-dealkylation sites (N-methyl/N-ethyl adjacent to an activating group) is 1.